The number of rotatable bonds is 19. The van der Waals surface area contributed by atoms with Gasteiger partial charge in [-0.3, -0.25) is 19.6 Å². The highest BCUT2D eigenvalue weighted by atomic mass is 19.2. The Kier molecular flexibility index (Phi) is 16.3. The highest BCUT2D eigenvalue weighted by Gasteiger charge is 2.07. The van der Waals surface area contributed by atoms with Gasteiger partial charge in [-0.1, -0.05) is 50.7 Å². The Morgan fingerprint density at radius 3 is 2.09 bits per heavy atom. The van der Waals surface area contributed by atoms with Crippen molar-refractivity contribution >= 4 is 23.5 Å². The van der Waals surface area contributed by atoms with Gasteiger partial charge in [0.05, 0.1) is 13.0 Å². The van der Waals surface area contributed by atoms with E-state index in [2.05, 4.69) is 5.32 Å². The molecule has 1 unspecified atom stereocenters. The van der Waals surface area contributed by atoms with E-state index in [1.54, 1.807) is 29.7 Å². The van der Waals surface area contributed by atoms with E-state index in [0.29, 0.717) is 38.0 Å². The van der Waals surface area contributed by atoms with Crippen LogP contribution in [0.3, 0.4) is 0 Å². The number of ether oxygens (including phenoxy) is 1. The largest absolute Gasteiger partial charge is 0.465 e. The summed E-state index contributed by atoms with van der Waals surface area (Å²) in [5, 5.41) is 11.2. The molecular weight excluding hydrogens is 446 g/mol. The first-order valence-corrected chi connectivity index (χ1v) is 12.1. The third-order valence-electron chi connectivity index (χ3n) is 5.36. The molecule has 0 heterocycles. The zero-order valence-electron chi connectivity index (χ0n) is 19.8. The molecule has 1 atom stereocenters. The van der Waals surface area contributed by atoms with Gasteiger partial charge >= 0.3 is 5.97 Å². The smallest absolute Gasteiger partial charge is 0.310 e. The van der Waals surface area contributed by atoms with Crippen molar-refractivity contribution in [1.82, 2.24) is 5.48 Å². The number of carbonyl (C=O) groups excluding carboxylic acids is 3. The van der Waals surface area contributed by atoms with Crippen molar-refractivity contribution < 1.29 is 33.1 Å². The number of hydrogen-bond donors (Lipinski definition) is 3. The summed E-state index contributed by atoms with van der Waals surface area (Å²) < 4.78 is 30.0. The molecule has 2 amide bonds. The average Bonchev–Trinajstić information content (AvgIpc) is 2.83. The molecular formula is C25H38F2N2O5. The summed E-state index contributed by atoms with van der Waals surface area (Å²) in [5.74, 6) is -0.800. The van der Waals surface area contributed by atoms with Crippen LogP contribution in [-0.2, 0) is 25.5 Å². The minimum Gasteiger partial charge on any atom is -0.465 e. The lowest BCUT2D eigenvalue weighted by molar-refractivity contribution is -0.143. The van der Waals surface area contributed by atoms with Gasteiger partial charge < -0.3 is 10.1 Å². The van der Waals surface area contributed by atoms with Crippen LogP contribution in [0.5, 0.6) is 0 Å². The Bertz CT molecular complexity index is 716. The summed E-state index contributed by atoms with van der Waals surface area (Å²) >= 11 is 0. The number of unbranched alkanes of at least 4 members (excludes halogenated alkanes) is 7. The topological polar surface area (TPSA) is 105 Å². The molecule has 0 bridgehead atoms. The fourth-order valence-corrected chi connectivity index (χ4v) is 3.39. The monoisotopic (exact) mass is 484 g/mol. The van der Waals surface area contributed by atoms with Gasteiger partial charge in [0.25, 0.3) is 0 Å². The highest BCUT2D eigenvalue weighted by Crippen LogP contribution is 2.13. The Morgan fingerprint density at radius 2 is 1.44 bits per heavy atom. The highest BCUT2D eigenvalue weighted by molar-refractivity contribution is 5.90. The summed E-state index contributed by atoms with van der Waals surface area (Å²) in [6.45, 7) is -0.567. The number of amides is 2. The number of hydroxylamine groups is 1. The van der Waals surface area contributed by atoms with E-state index in [1.165, 1.54) is 0 Å². The van der Waals surface area contributed by atoms with Gasteiger partial charge in [-0.25, -0.2) is 14.3 Å². The first kappa shape index (κ1) is 29.5. The van der Waals surface area contributed by atoms with Crippen LogP contribution in [0.2, 0.25) is 0 Å². The molecule has 0 aliphatic rings. The SMILES string of the molecule is O=C(CCCCCCC(=O)Nc1ccc(CC(=O)OCCCCCCCC(F)CF)cc1)NO. The molecule has 0 spiro atoms. The maximum Gasteiger partial charge on any atom is 0.310 e. The predicted octanol–water partition coefficient (Wildman–Crippen LogP) is 5.21. The van der Waals surface area contributed by atoms with Crippen LogP contribution in [-0.4, -0.2) is 42.4 Å². The zero-order valence-corrected chi connectivity index (χ0v) is 19.8. The van der Waals surface area contributed by atoms with Crippen molar-refractivity contribution in [1.29, 1.82) is 0 Å². The van der Waals surface area contributed by atoms with Crippen LogP contribution in [0, 0.1) is 0 Å². The second kappa shape index (κ2) is 18.8. The summed E-state index contributed by atoms with van der Waals surface area (Å²) in [5.41, 5.74) is 3.05. The minimum absolute atomic E-state index is 0.0906. The van der Waals surface area contributed by atoms with E-state index in [4.69, 9.17) is 9.94 Å². The number of halogens is 2. The molecule has 0 saturated carbocycles. The maximum atomic E-state index is 12.7. The van der Waals surface area contributed by atoms with Crippen molar-refractivity contribution in [3.63, 3.8) is 0 Å². The van der Waals surface area contributed by atoms with E-state index >= 15 is 0 Å². The van der Waals surface area contributed by atoms with Gasteiger partial charge in [0.1, 0.15) is 12.8 Å². The second-order valence-electron chi connectivity index (χ2n) is 8.40. The summed E-state index contributed by atoms with van der Waals surface area (Å²) in [6.07, 6.45) is 6.83. The van der Waals surface area contributed by atoms with Gasteiger partial charge in [-0.15, -0.1) is 0 Å². The molecule has 1 rings (SSSR count). The van der Waals surface area contributed by atoms with Crippen LogP contribution in [0.15, 0.2) is 24.3 Å². The zero-order chi connectivity index (χ0) is 25.0. The number of anilines is 1. The van der Waals surface area contributed by atoms with E-state index in [0.717, 1.165) is 44.1 Å². The third kappa shape index (κ3) is 15.3. The quantitative estimate of drug-likeness (QED) is 0.108. The molecule has 9 heteroatoms. The van der Waals surface area contributed by atoms with Crippen LogP contribution in [0.1, 0.15) is 82.6 Å². The third-order valence-corrected chi connectivity index (χ3v) is 5.36. The van der Waals surface area contributed by atoms with Gasteiger partial charge in [-0.2, -0.15) is 0 Å². The Hall–Kier alpha value is -2.55. The van der Waals surface area contributed by atoms with Crippen molar-refractivity contribution in [2.24, 2.45) is 0 Å². The molecule has 3 N–H and O–H groups in total. The average molecular weight is 485 g/mol. The standard InChI is InChI=1S/C25H38F2N2O5/c26-19-21(27)10-6-2-1-5-9-17-34-25(32)18-20-13-15-22(16-14-20)28-23(30)11-7-3-4-8-12-24(31)29-33/h13-16,21,33H,1-12,17-19H2,(H,28,30)(H,29,31). The second-order valence-corrected chi connectivity index (χ2v) is 8.40. The first-order valence-electron chi connectivity index (χ1n) is 12.1. The Morgan fingerprint density at radius 1 is 0.853 bits per heavy atom. The molecule has 1 aromatic rings. The fourth-order valence-electron chi connectivity index (χ4n) is 3.39. The van der Waals surface area contributed by atoms with E-state index in [1.807, 2.05) is 0 Å². The number of carbonyl (C=O) groups is 3. The molecule has 192 valence electrons. The van der Waals surface area contributed by atoms with Gasteiger partial charge in [0.2, 0.25) is 11.8 Å². The Balaban J connectivity index is 2.11. The van der Waals surface area contributed by atoms with Gasteiger partial charge in [0, 0.05) is 18.5 Å². The molecule has 0 saturated heterocycles. The minimum atomic E-state index is -1.34. The van der Waals surface area contributed by atoms with Crippen molar-refractivity contribution in [2.75, 3.05) is 18.6 Å². The van der Waals surface area contributed by atoms with E-state index in [-0.39, 0.29) is 31.1 Å². The molecule has 7 nitrogen and oxygen atoms in total. The first-order chi connectivity index (χ1) is 16.4. The Labute approximate surface area is 200 Å². The van der Waals surface area contributed by atoms with Gasteiger partial charge in [-0.05, 0) is 43.4 Å². The number of benzene rings is 1. The molecule has 34 heavy (non-hydrogen) atoms. The number of alkyl halides is 2. The number of hydrogen-bond acceptors (Lipinski definition) is 5. The van der Waals surface area contributed by atoms with Crippen molar-refractivity contribution in [3.8, 4) is 0 Å². The van der Waals surface area contributed by atoms with E-state index < -0.39 is 18.8 Å². The lowest BCUT2D eigenvalue weighted by atomic mass is 10.1. The molecule has 0 aromatic heterocycles. The number of nitrogens with one attached hydrogen (secondary N) is 2. The molecule has 0 aliphatic carbocycles. The van der Waals surface area contributed by atoms with Crippen molar-refractivity contribution in [2.45, 2.75) is 89.6 Å². The normalized spacial score (nSPS) is 11.6. The summed E-state index contributed by atoms with van der Waals surface area (Å²) in [7, 11) is 0. The summed E-state index contributed by atoms with van der Waals surface area (Å²) in [4.78, 5) is 34.9. The molecule has 0 radical (unpaired) electrons. The number of esters is 1. The lowest BCUT2D eigenvalue weighted by Crippen LogP contribution is -2.17. The molecule has 0 aliphatic heterocycles. The lowest BCUT2D eigenvalue weighted by Gasteiger charge is -2.08. The molecule has 0 fully saturated rings. The van der Waals surface area contributed by atoms with Crippen molar-refractivity contribution in [3.05, 3.63) is 29.8 Å². The maximum absolute atomic E-state index is 12.7. The van der Waals surface area contributed by atoms with Gasteiger partial charge in [0.15, 0.2) is 0 Å². The van der Waals surface area contributed by atoms with Crippen LogP contribution in [0.4, 0.5) is 14.5 Å². The van der Waals surface area contributed by atoms with E-state index in [9.17, 15) is 23.2 Å². The van der Waals surface area contributed by atoms with Crippen LogP contribution >= 0.6 is 0 Å². The van der Waals surface area contributed by atoms with Crippen LogP contribution in [0.25, 0.3) is 0 Å². The fraction of sp³-hybridized carbons (Fsp3) is 0.640. The predicted molar refractivity (Wildman–Crippen MR) is 126 cm³/mol. The van der Waals surface area contributed by atoms with Crippen LogP contribution < -0.4 is 10.8 Å². The molecule has 1 aromatic carbocycles. The summed E-state index contributed by atoms with van der Waals surface area (Å²) in [6, 6.07) is 7.05.